The molecule has 3 heterocycles. The van der Waals surface area contributed by atoms with Crippen molar-refractivity contribution in [1.29, 1.82) is 0 Å². The lowest BCUT2D eigenvalue weighted by Crippen LogP contribution is -2.34. The van der Waals surface area contributed by atoms with E-state index in [-0.39, 0.29) is 12.0 Å². The second kappa shape index (κ2) is 4.87. The number of anilines is 1. The first-order chi connectivity index (χ1) is 10.6. The summed E-state index contributed by atoms with van der Waals surface area (Å²) < 4.78 is 5.52. The van der Waals surface area contributed by atoms with Crippen molar-refractivity contribution in [2.24, 2.45) is 0 Å². The molecule has 4 rings (SSSR count). The molecule has 0 unspecified atom stereocenters. The van der Waals surface area contributed by atoms with E-state index in [1.54, 1.807) is 6.07 Å². The summed E-state index contributed by atoms with van der Waals surface area (Å²) in [6, 6.07) is 3.76. The Kier molecular flexibility index (Phi) is 2.96. The summed E-state index contributed by atoms with van der Waals surface area (Å²) in [4.78, 5) is 25.3. The normalized spacial score (nSPS) is 16.6. The summed E-state index contributed by atoms with van der Waals surface area (Å²) >= 11 is 0. The monoisotopic (exact) mass is 299 g/mol. The molecule has 2 aliphatic rings. The molecule has 0 fully saturated rings. The minimum atomic E-state index is -1.02. The van der Waals surface area contributed by atoms with Crippen molar-refractivity contribution in [1.82, 2.24) is 0 Å². The Hall–Kier alpha value is -2.30. The SMILES string of the molecule is O=C(O)Cc1cc2cc3c4c(c2oc1=O)CCCN4CCC3. The van der Waals surface area contributed by atoms with Crippen LogP contribution >= 0.6 is 0 Å². The van der Waals surface area contributed by atoms with Crippen LogP contribution < -0.4 is 10.5 Å². The van der Waals surface area contributed by atoms with Crippen molar-refractivity contribution in [3.05, 3.63) is 39.2 Å². The van der Waals surface area contributed by atoms with Crippen LogP contribution in [0.1, 0.15) is 29.5 Å². The molecule has 2 aliphatic heterocycles. The third kappa shape index (κ3) is 2.00. The predicted molar refractivity (Wildman–Crippen MR) is 82.7 cm³/mol. The zero-order chi connectivity index (χ0) is 15.3. The van der Waals surface area contributed by atoms with Crippen LogP contribution in [0.3, 0.4) is 0 Å². The molecule has 1 aromatic carbocycles. The van der Waals surface area contributed by atoms with Gasteiger partial charge in [-0.05, 0) is 43.4 Å². The first-order valence-corrected chi connectivity index (χ1v) is 7.72. The van der Waals surface area contributed by atoms with E-state index in [0.717, 1.165) is 49.7 Å². The predicted octanol–water partition coefficient (Wildman–Crippen LogP) is 2.12. The first kappa shape index (κ1) is 13.4. The fourth-order valence-corrected chi connectivity index (χ4v) is 3.77. The number of aliphatic carboxylic acids is 1. The van der Waals surface area contributed by atoms with Gasteiger partial charge in [0.1, 0.15) is 5.58 Å². The van der Waals surface area contributed by atoms with Crippen LogP contribution in [0, 0.1) is 0 Å². The molecule has 1 aromatic heterocycles. The van der Waals surface area contributed by atoms with Crippen LogP contribution in [0.2, 0.25) is 0 Å². The lowest BCUT2D eigenvalue weighted by Gasteiger charge is -2.37. The second-order valence-electron chi connectivity index (χ2n) is 6.10. The summed E-state index contributed by atoms with van der Waals surface area (Å²) in [5.41, 5.74) is 4.00. The van der Waals surface area contributed by atoms with Gasteiger partial charge in [0.2, 0.25) is 0 Å². The van der Waals surface area contributed by atoms with E-state index in [1.165, 1.54) is 11.3 Å². The van der Waals surface area contributed by atoms with Gasteiger partial charge in [0.25, 0.3) is 0 Å². The molecule has 114 valence electrons. The third-order valence-electron chi connectivity index (χ3n) is 4.63. The lowest BCUT2D eigenvalue weighted by molar-refractivity contribution is -0.136. The van der Waals surface area contributed by atoms with Gasteiger partial charge in [0, 0.05) is 35.3 Å². The van der Waals surface area contributed by atoms with Gasteiger partial charge in [0.15, 0.2) is 0 Å². The average Bonchev–Trinajstić information content (AvgIpc) is 2.49. The van der Waals surface area contributed by atoms with Gasteiger partial charge in [-0.2, -0.15) is 0 Å². The van der Waals surface area contributed by atoms with E-state index < -0.39 is 11.6 Å². The second-order valence-corrected chi connectivity index (χ2v) is 6.10. The maximum absolute atomic E-state index is 12.1. The van der Waals surface area contributed by atoms with Gasteiger partial charge < -0.3 is 14.4 Å². The number of hydrogen-bond donors (Lipinski definition) is 1. The van der Waals surface area contributed by atoms with E-state index in [2.05, 4.69) is 11.0 Å². The standard InChI is InChI=1S/C17H17NO4/c19-14(20)9-12-8-11-7-10-3-1-5-18-6-2-4-13(15(10)18)16(11)22-17(12)21/h7-8H,1-6,9H2,(H,19,20). The van der Waals surface area contributed by atoms with Crippen molar-refractivity contribution >= 4 is 22.6 Å². The first-order valence-electron chi connectivity index (χ1n) is 7.72. The topological polar surface area (TPSA) is 70.7 Å². The minimum Gasteiger partial charge on any atom is -0.481 e. The number of rotatable bonds is 2. The number of carboxylic acid groups (broad SMARTS) is 1. The maximum Gasteiger partial charge on any atom is 0.340 e. The quantitative estimate of drug-likeness (QED) is 0.860. The molecule has 0 amide bonds. The Bertz CT molecular complexity index is 835. The Labute approximate surface area is 127 Å². The summed E-state index contributed by atoms with van der Waals surface area (Å²) in [6.07, 6.45) is 3.85. The molecule has 0 saturated carbocycles. The molecule has 2 aromatic rings. The maximum atomic E-state index is 12.1. The molecular weight excluding hydrogens is 282 g/mol. The third-order valence-corrected chi connectivity index (χ3v) is 4.63. The average molecular weight is 299 g/mol. The fraction of sp³-hybridized carbons (Fsp3) is 0.412. The van der Waals surface area contributed by atoms with Crippen LogP contribution in [0.4, 0.5) is 5.69 Å². The summed E-state index contributed by atoms with van der Waals surface area (Å²) in [6.45, 7) is 2.12. The zero-order valence-electron chi connectivity index (χ0n) is 12.2. The highest BCUT2D eigenvalue weighted by Gasteiger charge is 2.27. The smallest absolute Gasteiger partial charge is 0.340 e. The molecule has 0 radical (unpaired) electrons. The molecule has 0 aliphatic carbocycles. The Balaban J connectivity index is 1.98. The molecular formula is C17H17NO4. The molecule has 0 saturated heterocycles. The molecule has 0 spiro atoms. The Morgan fingerprint density at radius 3 is 2.77 bits per heavy atom. The van der Waals surface area contributed by atoms with Crippen LogP contribution in [-0.4, -0.2) is 24.2 Å². The molecule has 5 heteroatoms. The molecule has 5 nitrogen and oxygen atoms in total. The molecule has 0 atom stereocenters. The zero-order valence-corrected chi connectivity index (χ0v) is 12.2. The summed E-state index contributed by atoms with van der Waals surface area (Å²) in [5.74, 6) is -1.02. The van der Waals surface area contributed by atoms with Gasteiger partial charge in [0.05, 0.1) is 6.42 Å². The minimum absolute atomic E-state index is 0.218. The van der Waals surface area contributed by atoms with Gasteiger partial charge in [-0.3, -0.25) is 4.79 Å². The van der Waals surface area contributed by atoms with E-state index in [1.807, 2.05) is 0 Å². The van der Waals surface area contributed by atoms with E-state index in [9.17, 15) is 9.59 Å². The lowest BCUT2D eigenvalue weighted by atomic mass is 9.90. The van der Waals surface area contributed by atoms with Crippen molar-refractivity contribution in [2.75, 3.05) is 18.0 Å². The van der Waals surface area contributed by atoms with Crippen molar-refractivity contribution in [3.63, 3.8) is 0 Å². The van der Waals surface area contributed by atoms with Gasteiger partial charge in [-0.25, -0.2) is 4.79 Å². The Morgan fingerprint density at radius 2 is 2.00 bits per heavy atom. The molecule has 22 heavy (non-hydrogen) atoms. The number of nitrogens with zero attached hydrogens (tertiary/aromatic N) is 1. The fourth-order valence-electron chi connectivity index (χ4n) is 3.77. The highest BCUT2D eigenvalue weighted by atomic mass is 16.4. The highest BCUT2D eigenvalue weighted by Crippen LogP contribution is 2.39. The van der Waals surface area contributed by atoms with Crippen molar-refractivity contribution in [3.8, 4) is 0 Å². The van der Waals surface area contributed by atoms with E-state index >= 15 is 0 Å². The van der Waals surface area contributed by atoms with Gasteiger partial charge >= 0.3 is 11.6 Å². The Morgan fingerprint density at radius 1 is 1.23 bits per heavy atom. The number of carbonyl (C=O) groups is 1. The van der Waals surface area contributed by atoms with Crippen molar-refractivity contribution in [2.45, 2.75) is 32.1 Å². The number of benzene rings is 1. The number of aryl methyl sites for hydroxylation is 2. The number of carboxylic acids is 1. The highest BCUT2D eigenvalue weighted by molar-refractivity contribution is 5.89. The molecule has 0 bridgehead atoms. The van der Waals surface area contributed by atoms with Crippen LogP contribution in [0.15, 0.2) is 21.3 Å². The molecule has 1 N–H and O–H groups in total. The summed E-state index contributed by atoms with van der Waals surface area (Å²) in [5, 5.41) is 9.77. The van der Waals surface area contributed by atoms with E-state index in [4.69, 9.17) is 9.52 Å². The van der Waals surface area contributed by atoms with Gasteiger partial charge in [-0.1, -0.05) is 0 Å². The number of fused-ring (bicyclic) bond motifs is 2. The largest absolute Gasteiger partial charge is 0.481 e. The van der Waals surface area contributed by atoms with Crippen molar-refractivity contribution < 1.29 is 14.3 Å². The van der Waals surface area contributed by atoms with E-state index in [0.29, 0.717) is 5.58 Å². The van der Waals surface area contributed by atoms with Crippen LogP contribution in [0.5, 0.6) is 0 Å². The summed E-state index contributed by atoms with van der Waals surface area (Å²) in [7, 11) is 0. The van der Waals surface area contributed by atoms with Crippen LogP contribution in [-0.2, 0) is 24.1 Å². The van der Waals surface area contributed by atoms with Crippen LogP contribution in [0.25, 0.3) is 11.0 Å². The van der Waals surface area contributed by atoms with Gasteiger partial charge in [-0.15, -0.1) is 0 Å². The number of hydrogen-bond acceptors (Lipinski definition) is 4.